The van der Waals surface area contributed by atoms with E-state index in [2.05, 4.69) is 11.8 Å². The third-order valence-corrected chi connectivity index (χ3v) is 1.97. The van der Waals surface area contributed by atoms with E-state index in [0.29, 0.717) is 32.8 Å². The third kappa shape index (κ3) is 3.02. The number of likely N-dealkylation sites (N-methyl/N-ethyl adjacent to an activating group) is 1. The van der Waals surface area contributed by atoms with Gasteiger partial charge in [0.2, 0.25) is 5.91 Å². The Morgan fingerprint density at radius 1 is 1.62 bits per heavy atom. The van der Waals surface area contributed by atoms with Crippen molar-refractivity contribution >= 4 is 12.6 Å². The van der Waals surface area contributed by atoms with E-state index in [-0.39, 0.29) is 5.91 Å². The summed E-state index contributed by atoms with van der Waals surface area (Å²) in [6.45, 7) is 6.27. The Morgan fingerprint density at radius 3 is 2.77 bits per heavy atom. The van der Waals surface area contributed by atoms with E-state index >= 15 is 0 Å². The van der Waals surface area contributed by atoms with E-state index in [0.717, 1.165) is 0 Å². The fourth-order valence-electron chi connectivity index (χ4n) is 1.16. The van der Waals surface area contributed by atoms with Crippen molar-refractivity contribution in [1.82, 2.24) is 9.91 Å². The van der Waals surface area contributed by atoms with Crippen LogP contribution >= 0.6 is 0 Å². The largest absolute Gasteiger partial charge is 0.378 e. The van der Waals surface area contributed by atoms with E-state index in [1.165, 1.54) is 5.01 Å². The Kier molecular flexibility index (Phi) is 3.70. The van der Waals surface area contributed by atoms with Crippen LogP contribution in [0.1, 0.15) is 0 Å². The van der Waals surface area contributed by atoms with Crippen LogP contribution in [0.25, 0.3) is 0 Å². The van der Waals surface area contributed by atoms with Gasteiger partial charge in [0.15, 0.2) is 0 Å². The first-order valence-corrected chi connectivity index (χ1v) is 4.27. The van der Waals surface area contributed by atoms with Gasteiger partial charge in [0.25, 0.3) is 0 Å². The van der Waals surface area contributed by atoms with Gasteiger partial charge in [0.05, 0.1) is 13.2 Å². The van der Waals surface area contributed by atoms with Gasteiger partial charge < -0.3 is 9.64 Å². The predicted molar refractivity (Wildman–Crippen MR) is 49.6 cm³/mol. The first kappa shape index (κ1) is 9.98. The van der Waals surface area contributed by atoms with E-state index in [9.17, 15) is 4.79 Å². The van der Waals surface area contributed by atoms with E-state index in [1.807, 2.05) is 0 Å². The Labute approximate surface area is 77.9 Å². The molecule has 0 N–H and O–H groups in total. The lowest BCUT2D eigenvalue weighted by Crippen LogP contribution is -2.44. The van der Waals surface area contributed by atoms with Crippen LogP contribution < -0.4 is 0 Å². The molecule has 1 aliphatic heterocycles. The highest BCUT2D eigenvalue weighted by atomic mass is 16.5. The van der Waals surface area contributed by atoms with Gasteiger partial charge in [0.1, 0.15) is 6.54 Å². The molecule has 0 aromatic rings. The predicted octanol–water partition coefficient (Wildman–Crippen LogP) is -0.607. The summed E-state index contributed by atoms with van der Waals surface area (Å²) in [5, 5.41) is 5.15. The second-order valence-electron chi connectivity index (χ2n) is 2.95. The number of hydrogen-bond donors (Lipinski definition) is 0. The second kappa shape index (κ2) is 4.81. The summed E-state index contributed by atoms with van der Waals surface area (Å²) in [5.41, 5.74) is 0. The van der Waals surface area contributed by atoms with Crippen LogP contribution in [0.3, 0.4) is 0 Å². The highest BCUT2D eigenvalue weighted by Gasteiger charge is 2.17. The molecule has 0 aromatic heterocycles. The van der Waals surface area contributed by atoms with E-state index in [4.69, 9.17) is 4.74 Å². The third-order valence-electron chi connectivity index (χ3n) is 1.97. The summed E-state index contributed by atoms with van der Waals surface area (Å²) in [6.07, 6.45) is 0. The molecule has 1 fully saturated rings. The number of carbonyl (C=O) groups excluding carboxylic acids is 1. The second-order valence-corrected chi connectivity index (χ2v) is 2.95. The molecule has 0 aromatic carbocycles. The Hall–Kier alpha value is -1.10. The van der Waals surface area contributed by atoms with Crippen LogP contribution in [-0.4, -0.2) is 62.4 Å². The van der Waals surface area contributed by atoms with Gasteiger partial charge >= 0.3 is 0 Å². The fraction of sp³-hybridized carbons (Fsp3) is 0.750. The van der Waals surface area contributed by atoms with Crippen molar-refractivity contribution in [1.29, 1.82) is 0 Å². The molecule has 1 aliphatic rings. The SMILES string of the molecule is C=NN(C)CC(=O)N1CCOCC1. The minimum atomic E-state index is 0.0817. The van der Waals surface area contributed by atoms with Crippen LogP contribution in [0.15, 0.2) is 5.10 Å². The van der Waals surface area contributed by atoms with Crippen molar-refractivity contribution in [2.24, 2.45) is 5.10 Å². The van der Waals surface area contributed by atoms with Crippen molar-refractivity contribution < 1.29 is 9.53 Å². The molecule has 0 bridgehead atoms. The molecule has 5 nitrogen and oxygen atoms in total. The molecule has 1 rings (SSSR count). The molecule has 1 saturated heterocycles. The molecule has 0 aliphatic carbocycles. The Morgan fingerprint density at radius 2 is 2.23 bits per heavy atom. The molecule has 1 amide bonds. The molecule has 5 heteroatoms. The Bertz CT molecular complexity index is 190. The fourth-order valence-corrected chi connectivity index (χ4v) is 1.16. The molecular formula is C8H15N3O2. The minimum Gasteiger partial charge on any atom is -0.378 e. The maximum atomic E-state index is 11.5. The van der Waals surface area contributed by atoms with Gasteiger partial charge in [-0.25, -0.2) is 0 Å². The number of amides is 1. The lowest BCUT2D eigenvalue weighted by Gasteiger charge is -2.27. The quantitative estimate of drug-likeness (QED) is 0.435. The number of hydrazone groups is 1. The molecule has 0 spiro atoms. The molecule has 0 unspecified atom stereocenters. The molecular weight excluding hydrogens is 170 g/mol. The summed E-state index contributed by atoms with van der Waals surface area (Å²) < 4.78 is 5.14. The normalized spacial score (nSPS) is 16.8. The molecule has 13 heavy (non-hydrogen) atoms. The number of morpholine rings is 1. The zero-order chi connectivity index (χ0) is 9.68. The minimum absolute atomic E-state index is 0.0817. The van der Waals surface area contributed by atoms with Crippen molar-refractivity contribution in [3.05, 3.63) is 0 Å². The van der Waals surface area contributed by atoms with Gasteiger partial charge in [0, 0.05) is 26.9 Å². The van der Waals surface area contributed by atoms with Crippen LogP contribution in [0, 0.1) is 0 Å². The van der Waals surface area contributed by atoms with Gasteiger partial charge in [-0.2, -0.15) is 5.10 Å². The number of rotatable bonds is 3. The van der Waals surface area contributed by atoms with E-state index < -0.39 is 0 Å². The number of ether oxygens (including phenoxy) is 1. The molecule has 74 valence electrons. The first-order valence-electron chi connectivity index (χ1n) is 4.27. The van der Waals surface area contributed by atoms with Gasteiger partial charge in [-0.05, 0) is 0 Å². The summed E-state index contributed by atoms with van der Waals surface area (Å²) >= 11 is 0. The zero-order valence-electron chi connectivity index (χ0n) is 7.90. The lowest BCUT2D eigenvalue weighted by atomic mass is 10.4. The Balaban J connectivity index is 2.32. The number of carbonyl (C=O) groups is 1. The van der Waals surface area contributed by atoms with Crippen molar-refractivity contribution in [2.45, 2.75) is 0 Å². The first-order chi connectivity index (χ1) is 6.24. The van der Waals surface area contributed by atoms with Crippen LogP contribution in [0.2, 0.25) is 0 Å². The summed E-state index contributed by atoms with van der Waals surface area (Å²) in [4.78, 5) is 13.3. The van der Waals surface area contributed by atoms with Crippen LogP contribution in [0.5, 0.6) is 0 Å². The van der Waals surface area contributed by atoms with Gasteiger partial charge in [-0.1, -0.05) is 0 Å². The summed E-state index contributed by atoms with van der Waals surface area (Å²) in [7, 11) is 1.73. The maximum Gasteiger partial charge on any atom is 0.244 e. The maximum absolute atomic E-state index is 11.5. The molecule has 0 saturated carbocycles. The average molecular weight is 185 g/mol. The summed E-state index contributed by atoms with van der Waals surface area (Å²) in [5.74, 6) is 0.0817. The van der Waals surface area contributed by atoms with Gasteiger partial charge in [-0.15, -0.1) is 0 Å². The van der Waals surface area contributed by atoms with E-state index in [1.54, 1.807) is 11.9 Å². The zero-order valence-corrected chi connectivity index (χ0v) is 7.90. The number of hydrogen-bond acceptors (Lipinski definition) is 4. The summed E-state index contributed by atoms with van der Waals surface area (Å²) in [6, 6.07) is 0. The molecule has 0 radical (unpaired) electrons. The van der Waals surface area contributed by atoms with Crippen molar-refractivity contribution in [3.8, 4) is 0 Å². The average Bonchev–Trinajstić information content (AvgIpc) is 2.19. The van der Waals surface area contributed by atoms with Crippen molar-refractivity contribution in [3.63, 3.8) is 0 Å². The molecule has 0 atom stereocenters. The smallest absolute Gasteiger partial charge is 0.244 e. The van der Waals surface area contributed by atoms with Gasteiger partial charge in [-0.3, -0.25) is 9.80 Å². The topological polar surface area (TPSA) is 45.1 Å². The highest BCUT2D eigenvalue weighted by Crippen LogP contribution is 1.98. The van der Waals surface area contributed by atoms with Crippen LogP contribution in [0.4, 0.5) is 0 Å². The highest BCUT2D eigenvalue weighted by molar-refractivity contribution is 5.78. The van der Waals surface area contributed by atoms with Crippen LogP contribution in [-0.2, 0) is 9.53 Å². The molecule has 1 heterocycles. The van der Waals surface area contributed by atoms with Crippen molar-refractivity contribution in [2.75, 3.05) is 39.9 Å². The number of nitrogens with zero attached hydrogens (tertiary/aromatic N) is 3. The standard InChI is InChI=1S/C8H15N3O2/c1-9-10(2)7-8(12)11-3-5-13-6-4-11/h1,3-7H2,2H3. The lowest BCUT2D eigenvalue weighted by molar-refractivity contribution is -0.136. The monoisotopic (exact) mass is 185 g/mol.